The van der Waals surface area contributed by atoms with Crippen LogP contribution in [-0.2, 0) is 0 Å². The molecule has 0 aliphatic carbocycles. The zero-order valence-corrected chi connectivity index (χ0v) is 26.5. The lowest BCUT2D eigenvalue weighted by Crippen LogP contribution is -2.29. The minimum atomic E-state index is -1.45. The van der Waals surface area contributed by atoms with Crippen LogP contribution < -0.4 is 5.46 Å². The van der Waals surface area contributed by atoms with E-state index in [1.165, 1.54) is 33.2 Å². The number of aromatic nitrogens is 2. The summed E-state index contributed by atoms with van der Waals surface area (Å²) in [6.07, 6.45) is 0. The lowest BCUT2D eigenvalue weighted by molar-refractivity contribution is 0.426. The minimum absolute atomic E-state index is 0.483. The quantitative estimate of drug-likeness (QED) is 0.181. The summed E-state index contributed by atoms with van der Waals surface area (Å²) in [7, 11) is -1.45. The molecule has 222 valence electrons. The third-order valence-corrected chi connectivity index (χ3v) is 8.62. The Bertz CT molecular complexity index is 2220. The van der Waals surface area contributed by atoms with Crippen molar-refractivity contribution in [3.8, 4) is 33.9 Å². The predicted octanol–water partition coefficient (Wildman–Crippen LogP) is 9.04. The van der Waals surface area contributed by atoms with Crippen molar-refractivity contribution in [3.05, 3.63) is 174 Å². The van der Waals surface area contributed by atoms with E-state index >= 15 is 0 Å². The standard InChI is InChI=1S/C20H16BNO2.C20H14BrN/c23-21(24)17-10-12-18(13-11-17)22-19-9-5-4-8-16(19)14-20(22)15-6-2-1-3-7-15;21-17-10-12-18(13-11-17)22-19-9-5-4-8-16(19)14-20(22)15-6-2-1-3-7-15/h1-14,23-24H;1-14H. The van der Waals surface area contributed by atoms with Gasteiger partial charge < -0.3 is 19.2 Å². The monoisotopic (exact) mass is 660 g/mol. The van der Waals surface area contributed by atoms with E-state index in [0.717, 1.165) is 26.9 Å². The molecule has 0 unspecified atom stereocenters. The first-order valence-electron chi connectivity index (χ1n) is 15.1. The molecule has 0 saturated carbocycles. The van der Waals surface area contributed by atoms with Crippen molar-refractivity contribution < 1.29 is 10.0 Å². The molecule has 6 aromatic carbocycles. The lowest BCUT2D eigenvalue weighted by atomic mass is 9.80. The molecule has 0 bridgehead atoms. The molecule has 0 spiro atoms. The van der Waals surface area contributed by atoms with Crippen LogP contribution in [0.4, 0.5) is 0 Å². The van der Waals surface area contributed by atoms with Crippen LogP contribution in [0, 0.1) is 0 Å². The highest BCUT2D eigenvalue weighted by atomic mass is 79.9. The molecule has 2 N–H and O–H groups in total. The van der Waals surface area contributed by atoms with Crippen LogP contribution in [0.15, 0.2) is 174 Å². The van der Waals surface area contributed by atoms with Crippen molar-refractivity contribution in [1.29, 1.82) is 0 Å². The Balaban J connectivity index is 0.000000147. The van der Waals surface area contributed by atoms with E-state index in [1.807, 2.05) is 42.5 Å². The molecule has 8 rings (SSSR count). The Hall–Kier alpha value is -5.14. The minimum Gasteiger partial charge on any atom is -0.423 e. The fourth-order valence-electron chi connectivity index (χ4n) is 5.89. The van der Waals surface area contributed by atoms with Crippen molar-refractivity contribution in [2.24, 2.45) is 0 Å². The van der Waals surface area contributed by atoms with Gasteiger partial charge in [-0.05, 0) is 77.3 Å². The molecule has 0 aliphatic heterocycles. The summed E-state index contributed by atoms with van der Waals surface area (Å²) >= 11 is 3.51. The number of hydrogen-bond donors (Lipinski definition) is 2. The summed E-state index contributed by atoms with van der Waals surface area (Å²) in [5, 5.41) is 21.0. The summed E-state index contributed by atoms with van der Waals surface area (Å²) in [6, 6.07) is 57.7. The molecule has 0 fully saturated rings. The molecule has 0 aliphatic rings. The SMILES string of the molecule is Brc1ccc(-n2c(-c3ccccc3)cc3ccccc32)cc1.OB(O)c1ccc(-n2c(-c3ccccc3)cc3ccccc32)cc1. The molecule has 2 aromatic heterocycles. The van der Waals surface area contributed by atoms with Gasteiger partial charge in [0.05, 0.1) is 22.4 Å². The number of hydrogen-bond acceptors (Lipinski definition) is 2. The first-order valence-corrected chi connectivity index (χ1v) is 15.9. The molecule has 4 nitrogen and oxygen atoms in total. The fraction of sp³-hybridized carbons (Fsp3) is 0. The van der Waals surface area contributed by atoms with Crippen LogP contribution in [0.3, 0.4) is 0 Å². The summed E-state index contributed by atoms with van der Waals surface area (Å²) in [5.74, 6) is 0. The summed E-state index contributed by atoms with van der Waals surface area (Å²) in [6.45, 7) is 0. The van der Waals surface area contributed by atoms with E-state index in [1.54, 1.807) is 12.1 Å². The van der Waals surface area contributed by atoms with Crippen LogP contribution in [0.2, 0.25) is 0 Å². The van der Waals surface area contributed by atoms with Gasteiger partial charge in [-0.1, -0.05) is 125 Å². The second-order valence-electron chi connectivity index (χ2n) is 11.0. The first-order chi connectivity index (χ1) is 22.6. The van der Waals surface area contributed by atoms with Crippen molar-refractivity contribution in [1.82, 2.24) is 9.13 Å². The molecular weight excluding hydrogens is 631 g/mol. The van der Waals surface area contributed by atoms with Gasteiger partial charge in [-0.25, -0.2) is 0 Å². The normalized spacial score (nSPS) is 10.9. The molecule has 0 amide bonds. The maximum atomic E-state index is 9.30. The fourth-order valence-corrected chi connectivity index (χ4v) is 6.16. The molecule has 0 atom stereocenters. The molecule has 0 saturated heterocycles. The van der Waals surface area contributed by atoms with Crippen LogP contribution in [0.1, 0.15) is 0 Å². The van der Waals surface area contributed by atoms with E-state index in [9.17, 15) is 10.0 Å². The zero-order chi connectivity index (χ0) is 31.5. The number of nitrogens with zero attached hydrogens (tertiary/aromatic N) is 2. The highest BCUT2D eigenvalue weighted by Gasteiger charge is 2.15. The summed E-state index contributed by atoms with van der Waals surface area (Å²) in [4.78, 5) is 0. The zero-order valence-electron chi connectivity index (χ0n) is 24.9. The maximum Gasteiger partial charge on any atom is 0.488 e. The van der Waals surface area contributed by atoms with Crippen molar-refractivity contribution in [3.63, 3.8) is 0 Å². The van der Waals surface area contributed by atoms with Crippen molar-refractivity contribution in [2.45, 2.75) is 0 Å². The Morgan fingerprint density at radius 3 is 1.26 bits per heavy atom. The third kappa shape index (κ3) is 5.94. The number of benzene rings is 6. The Kier molecular flexibility index (Phi) is 8.40. The van der Waals surface area contributed by atoms with Gasteiger partial charge >= 0.3 is 7.12 Å². The van der Waals surface area contributed by atoms with Crippen LogP contribution in [0.25, 0.3) is 55.7 Å². The Morgan fingerprint density at radius 1 is 0.435 bits per heavy atom. The average molecular weight is 661 g/mol. The Labute approximate surface area is 276 Å². The average Bonchev–Trinajstić information content (AvgIpc) is 3.69. The highest BCUT2D eigenvalue weighted by molar-refractivity contribution is 9.10. The number of halogens is 1. The van der Waals surface area contributed by atoms with E-state index in [2.05, 4.69) is 140 Å². The first kappa shape index (κ1) is 29.6. The van der Waals surface area contributed by atoms with Gasteiger partial charge in [0, 0.05) is 26.6 Å². The van der Waals surface area contributed by atoms with Gasteiger partial charge in [-0.15, -0.1) is 0 Å². The molecule has 6 heteroatoms. The van der Waals surface area contributed by atoms with Crippen LogP contribution >= 0.6 is 15.9 Å². The largest absolute Gasteiger partial charge is 0.488 e. The third-order valence-electron chi connectivity index (χ3n) is 8.09. The summed E-state index contributed by atoms with van der Waals surface area (Å²) < 4.78 is 5.60. The van der Waals surface area contributed by atoms with Gasteiger partial charge in [0.2, 0.25) is 0 Å². The number of para-hydroxylation sites is 2. The summed E-state index contributed by atoms with van der Waals surface area (Å²) in [5.41, 5.74) is 9.66. The van der Waals surface area contributed by atoms with Gasteiger partial charge in [0.1, 0.15) is 0 Å². The van der Waals surface area contributed by atoms with E-state index < -0.39 is 7.12 Å². The Morgan fingerprint density at radius 2 is 0.826 bits per heavy atom. The molecule has 2 heterocycles. The van der Waals surface area contributed by atoms with Crippen molar-refractivity contribution >= 4 is 50.3 Å². The molecular formula is C40H30BBrN2O2. The topological polar surface area (TPSA) is 50.3 Å². The van der Waals surface area contributed by atoms with Gasteiger partial charge in [-0.2, -0.15) is 0 Å². The van der Waals surface area contributed by atoms with E-state index in [4.69, 9.17) is 0 Å². The number of rotatable bonds is 5. The van der Waals surface area contributed by atoms with E-state index in [-0.39, 0.29) is 0 Å². The maximum absolute atomic E-state index is 9.30. The molecule has 46 heavy (non-hydrogen) atoms. The second-order valence-corrected chi connectivity index (χ2v) is 11.9. The predicted molar refractivity (Wildman–Crippen MR) is 195 cm³/mol. The van der Waals surface area contributed by atoms with Crippen molar-refractivity contribution in [2.75, 3.05) is 0 Å². The van der Waals surface area contributed by atoms with Crippen LogP contribution in [-0.4, -0.2) is 26.3 Å². The number of fused-ring (bicyclic) bond motifs is 2. The molecule has 0 radical (unpaired) electrons. The van der Waals surface area contributed by atoms with E-state index in [0.29, 0.717) is 5.46 Å². The molecule has 8 aromatic rings. The highest BCUT2D eigenvalue weighted by Crippen LogP contribution is 2.33. The lowest BCUT2D eigenvalue weighted by Gasteiger charge is -2.12. The van der Waals surface area contributed by atoms with Crippen LogP contribution in [0.5, 0.6) is 0 Å². The van der Waals surface area contributed by atoms with Gasteiger partial charge in [0.15, 0.2) is 0 Å². The second kappa shape index (κ2) is 13.1. The van der Waals surface area contributed by atoms with Gasteiger partial charge in [0.25, 0.3) is 0 Å². The van der Waals surface area contributed by atoms with Gasteiger partial charge in [-0.3, -0.25) is 0 Å². The smallest absolute Gasteiger partial charge is 0.423 e.